The van der Waals surface area contributed by atoms with E-state index in [1.165, 1.54) is 44.9 Å². The molecule has 5 nitrogen and oxygen atoms in total. The molecule has 1 fully saturated rings. The number of nitrogens with one attached hydrogen (secondary N) is 1. The molecule has 1 aromatic heterocycles. The standard InChI is InChI=1S/C21H28N4OS/c1-2-3-4-10-15-27-20-22-19-18(24-25-20)16-11-6-7-12-17(16)23-21(26-19)13-8-5-9-14-21/h6-7,11-12,23H,2-5,8-10,13-15H2,1H3. The number of rotatable bonds is 6. The molecule has 0 saturated heterocycles. The topological polar surface area (TPSA) is 59.9 Å². The van der Waals surface area contributed by atoms with Crippen molar-refractivity contribution in [2.75, 3.05) is 11.1 Å². The van der Waals surface area contributed by atoms with Gasteiger partial charge in [-0.1, -0.05) is 62.6 Å². The molecule has 2 aliphatic rings. The van der Waals surface area contributed by atoms with Gasteiger partial charge >= 0.3 is 0 Å². The molecule has 1 N–H and O–H groups in total. The summed E-state index contributed by atoms with van der Waals surface area (Å²) >= 11 is 1.68. The summed E-state index contributed by atoms with van der Waals surface area (Å²) in [7, 11) is 0. The molecule has 0 amide bonds. The zero-order chi connectivity index (χ0) is 18.5. The van der Waals surface area contributed by atoms with Crippen LogP contribution in [0, 0.1) is 0 Å². The van der Waals surface area contributed by atoms with Crippen molar-refractivity contribution in [3.8, 4) is 17.1 Å². The maximum Gasteiger partial charge on any atom is 0.247 e. The summed E-state index contributed by atoms with van der Waals surface area (Å²) in [6, 6.07) is 8.25. The van der Waals surface area contributed by atoms with Crippen molar-refractivity contribution in [3.05, 3.63) is 24.3 Å². The van der Waals surface area contributed by atoms with Crippen molar-refractivity contribution in [3.63, 3.8) is 0 Å². The second-order valence-corrected chi connectivity index (χ2v) is 8.55. The summed E-state index contributed by atoms with van der Waals surface area (Å²) in [6.45, 7) is 2.23. The summed E-state index contributed by atoms with van der Waals surface area (Å²) in [4.78, 5) is 4.77. The van der Waals surface area contributed by atoms with Gasteiger partial charge < -0.3 is 10.1 Å². The van der Waals surface area contributed by atoms with Crippen molar-refractivity contribution in [1.82, 2.24) is 15.2 Å². The first-order chi connectivity index (χ1) is 13.3. The number of nitrogens with zero attached hydrogens (tertiary/aromatic N) is 3. The molecule has 0 radical (unpaired) electrons. The van der Waals surface area contributed by atoms with E-state index in [0.29, 0.717) is 5.88 Å². The molecule has 0 atom stereocenters. The fourth-order valence-electron chi connectivity index (χ4n) is 3.90. The Balaban J connectivity index is 1.61. The lowest BCUT2D eigenvalue weighted by molar-refractivity contribution is 0.0536. The number of thioether (sulfide) groups is 1. The van der Waals surface area contributed by atoms with Crippen LogP contribution in [-0.4, -0.2) is 26.7 Å². The molecular formula is C21H28N4OS. The molecular weight excluding hydrogens is 356 g/mol. The number of unbranched alkanes of at least 4 members (excludes halogenated alkanes) is 3. The zero-order valence-corrected chi connectivity index (χ0v) is 16.9. The van der Waals surface area contributed by atoms with Gasteiger partial charge in [-0.25, -0.2) is 0 Å². The van der Waals surface area contributed by atoms with Gasteiger partial charge in [-0.05, 0) is 25.3 Å². The monoisotopic (exact) mass is 384 g/mol. The minimum absolute atomic E-state index is 0.376. The Morgan fingerprint density at radius 1 is 1.07 bits per heavy atom. The first kappa shape index (κ1) is 18.5. The molecule has 0 bridgehead atoms. The van der Waals surface area contributed by atoms with Crippen LogP contribution in [0.4, 0.5) is 5.69 Å². The van der Waals surface area contributed by atoms with Crippen LogP contribution in [0.3, 0.4) is 0 Å². The van der Waals surface area contributed by atoms with E-state index in [-0.39, 0.29) is 5.72 Å². The molecule has 144 valence electrons. The van der Waals surface area contributed by atoms with Crippen molar-refractivity contribution in [2.24, 2.45) is 0 Å². The van der Waals surface area contributed by atoms with Gasteiger partial charge in [0, 0.05) is 29.8 Å². The molecule has 1 aliphatic carbocycles. The number of hydrogen-bond donors (Lipinski definition) is 1. The van der Waals surface area contributed by atoms with Crippen LogP contribution >= 0.6 is 11.8 Å². The molecule has 1 aromatic carbocycles. The number of benzene rings is 1. The van der Waals surface area contributed by atoms with E-state index in [0.717, 1.165) is 40.7 Å². The highest BCUT2D eigenvalue weighted by Crippen LogP contribution is 2.43. The Hall–Kier alpha value is -1.82. The minimum atomic E-state index is -0.376. The normalized spacial score (nSPS) is 17.4. The minimum Gasteiger partial charge on any atom is -0.449 e. The van der Waals surface area contributed by atoms with E-state index < -0.39 is 0 Å². The number of ether oxygens (including phenoxy) is 1. The van der Waals surface area contributed by atoms with Gasteiger partial charge in [0.15, 0.2) is 11.4 Å². The number of para-hydroxylation sites is 1. The summed E-state index contributed by atoms with van der Waals surface area (Å²) in [5.74, 6) is 1.65. The van der Waals surface area contributed by atoms with Crippen LogP contribution in [-0.2, 0) is 0 Å². The van der Waals surface area contributed by atoms with E-state index in [4.69, 9.17) is 9.72 Å². The van der Waals surface area contributed by atoms with Gasteiger partial charge in [-0.3, -0.25) is 0 Å². The second kappa shape index (κ2) is 8.46. The molecule has 1 spiro atoms. The Labute approximate surface area is 165 Å². The van der Waals surface area contributed by atoms with Crippen LogP contribution < -0.4 is 10.1 Å². The highest BCUT2D eigenvalue weighted by molar-refractivity contribution is 7.99. The van der Waals surface area contributed by atoms with E-state index >= 15 is 0 Å². The molecule has 6 heteroatoms. The zero-order valence-electron chi connectivity index (χ0n) is 16.0. The predicted octanol–water partition coefficient (Wildman–Crippen LogP) is 5.68. The Kier molecular flexibility index (Phi) is 5.81. The van der Waals surface area contributed by atoms with E-state index in [9.17, 15) is 0 Å². The number of aromatic nitrogens is 3. The van der Waals surface area contributed by atoms with Gasteiger partial charge in [0.25, 0.3) is 0 Å². The first-order valence-electron chi connectivity index (χ1n) is 10.2. The highest BCUT2D eigenvalue weighted by atomic mass is 32.2. The first-order valence-corrected chi connectivity index (χ1v) is 11.2. The number of fused-ring (bicyclic) bond motifs is 3. The van der Waals surface area contributed by atoms with Gasteiger partial charge in [0.05, 0.1) is 0 Å². The summed E-state index contributed by atoms with van der Waals surface area (Å²) < 4.78 is 6.52. The molecule has 4 rings (SSSR count). The van der Waals surface area contributed by atoms with E-state index in [2.05, 4.69) is 40.6 Å². The Morgan fingerprint density at radius 2 is 1.93 bits per heavy atom. The van der Waals surface area contributed by atoms with E-state index in [1.807, 2.05) is 6.07 Å². The summed E-state index contributed by atoms with van der Waals surface area (Å²) in [5.41, 5.74) is 2.46. The molecule has 0 unspecified atom stereocenters. The average Bonchev–Trinajstić information content (AvgIpc) is 2.82. The van der Waals surface area contributed by atoms with Gasteiger partial charge in [0.1, 0.15) is 0 Å². The van der Waals surface area contributed by atoms with Crippen LogP contribution in [0.1, 0.15) is 64.7 Å². The third-order valence-electron chi connectivity index (χ3n) is 5.36. The van der Waals surface area contributed by atoms with Gasteiger partial charge in [0.2, 0.25) is 11.0 Å². The smallest absolute Gasteiger partial charge is 0.247 e. The lowest BCUT2D eigenvalue weighted by Crippen LogP contribution is -2.45. The van der Waals surface area contributed by atoms with Crippen LogP contribution in [0.5, 0.6) is 5.88 Å². The maximum absolute atomic E-state index is 6.52. The molecule has 2 heterocycles. The molecule has 1 aliphatic heterocycles. The van der Waals surface area contributed by atoms with Crippen LogP contribution in [0.25, 0.3) is 11.3 Å². The van der Waals surface area contributed by atoms with Gasteiger partial charge in [-0.15, -0.1) is 10.2 Å². The lowest BCUT2D eigenvalue weighted by atomic mass is 9.91. The largest absolute Gasteiger partial charge is 0.449 e. The second-order valence-electron chi connectivity index (χ2n) is 7.48. The van der Waals surface area contributed by atoms with Crippen molar-refractivity contribution in [1.29, 1.82) is 0 Å². The lowest BCUT2D eigenvalue weighted by Gasteiger charge is -2.37. The van der Waals surface area contributed by atoms with Gasteiger partial charge in [-0.2, -0.15) is 4.98 Å². The van der Waals surface area contributed by atoms with Crippen molar-refractivity contribution >= 4 is 17.4 Å². The van der Waals surface area contributed by atoms with Crippen LogP contribution in [0.15, 0.2) is 29.4 Å². The third kappa shape index (κ3) is 4.21. The quantitative estimate of drug-likeness (QED) is 0.511. The molecule has 27 heavy (non-hydrogen) atoms. The SMILES string of the molecule is CCCCCCSc1nnc2c(n1)OC1(CCCCC1)Nc1ccccc1-2. The highest BCUT2D eigenvalue weighted by Gasteiger charge is 2.38. The predicted molar refractivity (Wildman–Crippen MR) is 110 cm³/mol. The Bertz CT molecular complexity index is 777. The third-order valence-corrected chi connectivity index (χ3v) is 6.29. The average molecular weight is 385 g/mol. The van der Waals surface area contributed by atoms with E-state index in [1.54, 1.807) is 11.8 Å². The molecule has 1 saturated carbocycles. The fourth-order valence-corrected chi connectivity index (χ4v) is 4.67. The van der Waals surface area contributed by atoms with Crippen molar-refractivity contribution < 1.29 is 4.74 Å². The number of hydrogen-bond acceptors (Lipinski definition) is 6. The van der Waals surface area contributed by atoms with Crippen LogP contribution in [0.2, 0.25) is 0 Å². The van der Waals surface area contributed by atoms with Crippen molar-refractivity contribution in [2.45, 2.75) is 75.6 Å². The Morgan fingerprint density at radius 3 is 2.78 bits per heavy atom. The maximum atomic E-state index is 6.52. The molecule has 2 aromatic rings. The fraction of sp³-hybridized carbons (Fsp3) is 0.571. The summed E-state index contributed by atoms with van der Waals surface area (Å²) in [6.07, 6.45) is 10.6. The summed E-state index contributed by atoms with van der Waals surface area (Å²) in [5, 5.41) is 13.3. The number of anilines is 1.